The lowest BCUT2D eigenvalue weighted by molar-refractivity contribution is -0.157. The minimum absolute atomic E-state index is 0.0297. The predicted molar refractivity (Wildman–Crippen MR) is 136 cm³/mol. The number of aromatic nitrogens is 2. The van der Waals surface area contributed by atoms with Crippen molar-refractivity contribution in [2.24, 2.45) is 0 Å². The van der Waals surface area contributed by atoms with E-state index in [-0.39, 0.29) is 23.9 Å². The molecule has 3 amide bonds. The molecular weight excluding hydrogens is 496 g/mol. The van der Waals surface area contributed by atoms with Gasteiger partial charge < -0.3 is 15.1 Å². The molecule has 1 aromatic heterocycles. The van der Waals surface area contributed by atoms with Crippen LogP contribution in [0.2, 0.25) is 0 Å². The standard InChI is InChI=1S/C25H26N6O5S/c1-17-14-18(2)27-25(26-17)29-37(35,36)21-10-8-20(9-11-21)28-22(32)16-31-13-12-30(23(33)24(31)34)15-19-6-4-3-5-7-19/h3-11,14H,12-13,15-16H2,1-2H3,(H,28,32)(H,26,27,29). The fraction of sp³-hybridized carbons (Fsp3) is 0.240. The number of sulfonamides is 1. The number of hydrogen-bond donors (Lipinski definition) is 2. The van der Waals surface area contributed by atoms with Crippen LogP contribution in [0.5, 0.6) is 0 Å². The fourth-order valence-electron chi connectivity index (χ4n) is 3.86. The monoisotopic (exact) mass is 522 g/mol. The second kappa shape index (κ2) is 10.7. The molecule has 37 heavy (non-hydrogen) atoms. The second-order valence-corrected chi connectivity index (χ2v) is 10.3. The van der Waals surface area contributed by atoms with E-state index in [2.05, 4.69) is 20.0 Å². The van der Waals surface area contributed by atoms with E-state index in [1.165, 1.54) is 34.1 Å². The first-order valence-corrected chi connectivity index (χ1v) is 13.0. The molecule has 2 heterocycles. The van der Waals surface area contributed by atoms with Crippen LogP contribution in [0.4, 0.5) is 11.6 Å². The highest BCUT2D eigenvalue weighted by atomic mass is 32.2. The van der Waals surface area contributed by atoms with Crippen molar-refractivity contribution in [2.45, 2.75) is 25.3 Å². The van der Waals surface area contributed by atoms with Gasteiger partial charge >= 0.3 is 11.8 Å². The number of amides is 3. The molecule has 1 saturated heterocycles. The molecule has 12 heteroatoms. The summed E-state index contributed by atoms with van der Waals surface area (Å²) in [6.07, 6.45) is 0. The minimum Gasteiger partial charge on any atom is -0.328 e. The number of aryl methyl sites for hydroxylation is 2. The summed E-state index contributed by atoms with van der Waals surface area (Å²) < 4.78 is 27.7. The molecule has 11 nitrogen and oxygen atoms in total. The van der Waals surface area contributed by atoms with Crippen LogP contribution in [0.3, 0.4) is 0 Å². The Hall–Kier alpha value is -4.32. The van der Waals surface area contributed by atoms with Crippen LogP contribution >= 0.6 is 0 Å². The number of nitrogens with one attached hydrogen (secondary N) is 2. The molecule has 3 aromatic rings. The zero-order valence-electron chi connectivity index (χ0n) is 20.3. The van der Waals surface area contributed by atoms with Gasteiger partial charge in [-0.05, 0) is 49.7 Å². The Balaban J connectivity index is 1.33. The molecular formula is C25H26N6O5S. The summed E-state index contributed by atoms with van der Waals surface area (Å²) in [4.78, 5) is 48.3. The molecule has 0 atom stereocenters. The maximum atomic E-state index is 12.7. The predicted octanol–water partition coefficient (Wildman–Crippen LogP) is 1.70. The highest BCUT2D eigenvalue weighted by Gasteiger charge is 2.33. The lowest BCUT2D eigenvalue weighted by Gasteiger charge is -2.33. The molecule has 0 aliphatic carbocycles. The van der Waals surface area contributed by atoms with Crippen molar-refractivity contribution < 1.29 is 22.8 Å². The molecule has 0 saturated carbocycles. The van der Waals surface area contributed by atoms with Gasteiger partial charge in [-0.2, -0.15) is 0 Å². The van der Waals surface area contributed by atoms with Gasteiger partial charge in [-0.3, -0.25) is 14.4 Å². The SMILES string of the molecule is Cc1cc(C)nc(NS(=O)(=O)c2ccc(NC(=O)CN3CCN(Cc4ccccc4)C(=O)C3=O)cc2)n1. The molecule has 4 rings (SSSR count). The molecule has 1 fully saturated rings. The maximum Gasteiger partial charge on any atom is 0.312 e. The molecule has 0 spiro atoms. The van der Waals surface area contributed by atoms with Crippen molar-refractivity contribution >= 4 is 39.4 Å². The van der Waals surface area contributed by atoms with E-state index in [4.69, 9.17) is 0 Å². The van der Waals surface area contributed by atoms with Crippen LogP contribution in [0.15, 0.2) is 65.6 Å². The van der Waals surface area contributed by atoms with E-state index in [1.807, 2.05) is 30.3 Å². The van der Waals surface area contributed by atoms with Gasteiger partial charge in [0.05, 0.1) is 4.90 Å². The number of carbonyl (C=O) groups excluding carboxylic acids is 3. The summed E-state index contributed by atoms with van der Waals surface area (Å²) in [5.41, 5.74) is 2.51. The Morgan fingerprint density at radius 2 is 1.49 bits per heavy atom. The summed E-state index contributed by atoms with van der Waals surface area (Å²) in [6, 6.07) is 16.6. The van der Waals surface area contributed by atoms with Gasteiger partial charge in [0.25, 0.3) is 10.0 Å². The average molecular weight is 523 g/mol. The normalized spacial score (nSPS) is 14.0. The number of carbonyl (C=O) groups is 3. The van der Waals surface area contributed by atoms with Gasteiger partial charge in [0.1, 0.15) is 6.54 Å². The third kappa shape index (κ3) is 6.47. The first-order chi connectivity index (χ1) is 17.6. The van der Waals surface area contributed by atoms with Crippen LogP contribution in [0.25, 0.3) is 0 Å². The maximum absolute atomic E-state index is 12.7. The zero-order chi connectivity index (χ0) is 26.6. The second-order valence-electron chi connectivity index (χ2n) is 8.59. The van der Waals surface area contributed by atoms with Gasteiger partial charge in [-0.15, -0.1) is 0 Å². The number of anilines is 2. The van der Waals surface area contributed by atoms with Crippen molar-refractivity contribution in [1.29, 1.82) is 0 Å². The number of piperazine rings is 1. The molecule has 192 valence electrons. The quantitative estimate of drug-likeness (QED) is 0.429. The van der Waals surface area contributed by atoms with Crippen LogP contribution < -0.4 is 10.0 Å². The Bertz CT molecular complexity index is 1410. The summed E-state index contributed by atoms with van der Waals surface area (Å²) >= 11 is 0. The van der Waals surface area contributed by atoms with Crippen molar-refractivity contribution in [2.75, 3.05) is 29.7 Å². The van der Waals surface area contributed by atoms with E-state index < -0.39 is 27.7 Å². The average Bonchev–Trinajstić information content (AvgIpc) is 2.84. The van der Waals surface area contributed by atoms with E-state index in [1.54, 1.807) is 19.9 Å². The molecule has 2 aromatic carbocycles. The third-order valence-corrected chi connectivity index (χ3v) is 6.95. The van der Waals surface area contributed by atoms with Gasteiger partial charge in [0.15, 0.2) is 0 Å². The summed E-state index contributed by atoms with van der Waals surface area (Å²) in [5, 5.41) is 2.62. The lowest BCUT2D eigenvalue weighted by atomic mass is 10.2. The van der Waals surface area contributed by atoms with Crippen molar-refractivity contribution in [3.63, 3.8) is 0 Å². The smallest absolute Gasteiger partial charge is 0.312 e. The molecule has 1 aliphatic heterocycles. The lowest BCUT2D eigenvalue weighted by Crippen LogP contribution is -2.55. The first kappa shape index (κ1) is 25.8. The molecule has 0 unspecified atom stereocenters. The van der Waals surface area contributed by atoms with E-state index in [0.717, 1.165) is 5.56 Å². The van der Waals surface area contributed by atoms with E-state index in [9.17, 15) is 22.8 Å². The molecule has 0 radical (unpaired) electrons. The fourth-order valence-corrected chi connectivity index (χ4v) is 4.81. The van der Waals surface area contributed by atoms with Crippen molar-refractivity contribution in [1.82, 2.24) is 19.8 Å². The summed E-state index contributed by atoms with van der Waals surface area (Å²) in [7, 11) is -3.94. The van der Waals surface area contributed by atoms with E-state index >= 15 is 0 Å². The molecule has 2 N–H and O–H groups in total. The minimum atomic E-state index is -3.94. The highest BCUT2D eigenvalue weighted by molar-refractivity contribution is 7.92. The number of nitrogens with zero attached hydrogens (tertiary/aromatic N) is 4. The molecule has 1 aliphatic rings. The highest BCUT2D eigenvalue weighted by Crippen LogP contribution is 2.17. The van der Waals surface area contributed by atoms with Crippen molar-refractivity contribution in [3.8, 4) is 0 Å². The van der Waals surface area contributed by atoms with Gasteiger partial charge in [-0.25, -0.2) is 23.1 Å². The number of hydrogen-bond acceptors (Lipinski definition) is 7. The Labute approximate surface area is 214 Å². The van der Waals surface area contributed by atoms with Crippen LogP contribution in [0.1, 0.15) is 17.0 Å². The Morgan fingerprint density at radius 3 is 2.14 bits per heavy atom. The Morgan fingerprint density at radius 1 is 0.892 bits per heavy atom. The first-order valence-electron chi connectivity index (χ1n) is 11.5. The number of rotatable bonds is 8. The largest absolute Gasteiger partial charge is 0.328 e. The van der Waals surface area contributed by atoms with Gasteiger partial charge in [0.2, 0.25) is 11.9 Å². The number of benzene rings is 2. The van der Waals surface area contributed by atoms with Crippen LogP contribution in [-0.2, 0) is 31.0 Å². The Kier molecular flexibility index (Phi) is 7.48. The summed E-state index contributed by atoms with van der Waals surface area (Å²) in [6.45, 7) is 4.04. The van der Waals surface area contributed by atoms with Gasteiger partial charge in [0, 0.05) is 36.7 Å². The topological polar surface area (TPSA) is 142 Å². The zero-order valence-corrected chi connectivity index (χ0v) is 21.2. The van der Waals surface area contributed by atoms with Crippen LogP contribution in [0, 0.1) is 13.8 Å². The molecule has 0 bridgehead atoms. The van der Waals surface area contributed by atoms with Crippen molar-refractivity contribution in [3.05, 3.63) is 77.6 Å². The van der Waals surface area contributed by atoms with Gasteiger partial charge in [-0.1, -0.05) is 30.3 Å². The van der Waals surface area contributed by atoms with Crippen LogP contribution in [-0.4, -0.2) is 65.5 Å². The third-order valence-electron chi connectivity index (χ3n) is 5.60. The summed E-state index contributed by atoms with van der Waals surface area (Å²) in [5.74, 6) is -1.93. The van der Waals surface area contributed by atoms with E-state index in [0.29, 0.717) is 30.2 Å².